The second-order valence-electron chi connectivity index (χ2n) is 5.14. The van der Waals surface area contributed by atoms with E-state index in [0.717, 1.165) is 5.56 Å². The molecule has 0 fully saturated rings. The zero-order valence-corrected chi connectivity index (χ0v) is 17.7. The SMILES string of the molecule is CCNC(=NCC(C)(O)c1ccsc1)NCCS(=O)(=O)CC.I. The molecule has 0 aliphatic carbocycles. The van der Waals surface area contributed by atoms with E-state index in [9.17, 15) is 13.5 Å². The third kappa shape index (κ3) is 8.32. The number of nitrogens with one attached hydrogen (secondary N) is 2. The Labute approximate surface area is 159 Å². The highest BCUT2D eigenvalue weighted by molar-refractivity contribution is 14.0. The zero-order valence-electron chi connectivity index (χ0n) is 13.7. The van der Waals surface area contributed by atoms with Gasteiger partial charge in [-0.25, -0.2) is 13.4 Å². The van der Waals surface area contributed by atoms with Gasteiger partial charge in [-0.15, -0.1) is 24.0 Å². The summed E-state index contributed by atoms with van der Waals surface area (Å²) in [6.07, 6.45) is 0. The van der Waals surface area contributed by atoms with Crippen LogP contribution in [0.5, 0.6) is 0 Å². The smallest absolute Gasteiger partial charge is 0.191 e. The highest BCUT2D eigenvalue weighted by Gasteiger charge is 2.23. The molecule has 0 aromatic carbocycles. The Morgan fingerprint density at radius 3 is 2.61 bits per heavy atom. The van der Waals surface area contributed by atoms with Crippen LogP contribution in [0.1, 0.15) is 26.3 Å². The van der Waals surface area contributed by atoms with E-state index in [1.54, 1.807) is 13.8 Å². The molecule has 1 aromatic heterocycles. The molecule has 1 atom stereocenters. The molecule has 0 amide bonds. The van der Waals surface area contributed by atoms with Crippen molar-refractivity contribution in [1.29, 1.82) is 0 Å². The fraction of sp³-hybridized carbons (Fsp3) is 0.643. The summed E-state index contributed by atoms with van der Waals surface area (Å²) in [5, 5.41) is 20.3. The largest absolute Gasteiger partial charge is 0.383 e. The van der Waals surface area contributed by atoms with Crippen molar-refractivity contribution in [2.24, 2.45) is 4.99 Å². The first kappa shape index (κ1) is 22.6. The number of halogens is 1. The summed E-state index contributed by atoms with van der Waals surface area (Å²) in [7, 11) is -3.00. The minimum absolute atomic E-state index is 0. The topological polar surface area (TPSA) is 90.8 Å². The van der Waals surface area contributed by atoms with Gasteiger partial charge in [0, 0.05) is 18.8 Å². The van der Waals surface area contributed by atoms with Gasteiger partial charge >= 0.3 is 0 Å². The Morgan fingerprint density at radius 1 is 1.39 bits per heavy atom. The number of hydrogen-bond donors (Lipinski definition) is 3. The normalized spacial score (nSPS) is 14.7. The van der Waals surface area contributed by atoms with Crippen LogP contribution in [-0.4, -0.2) is 50.6 Å². The van der Waals surface area contributed by atoms with Crippen LogP contribution < -0.4 is 10.6 Å². The maximum atomic E-state index is 11.5. The van der Waals surface area contributed by atoms with Crippen LogP contribution in [0.15, 0.2) is 21.8 Å². The maximum Gasteiger partial charge on any atom is 0.191 e. The van der Waals surface area contributed by atoms with Crippen LogP contribution in [-0.2, 0) is 15.4 Å². The van der Waals surface area contributed by atoms with Crippen molar-refractivity contribution < 1.29 is 13.5 Å². The first-order chi connectivity index (χ1) is 10.3. The lowest BCUT2D eigenvalue weighted by atomic mass is 10.00. The maximum absolute atomic E-state index is 11.5. The van der Waals surface area contributed by atoms with Crippen molar-refractivity contribution in [1.82, 2.24) is 10.6 Å². The Morgan fingerprint density at radius 2 is 2.09 bits per heavy atom. The number of sulfone groups is 1. The summed E-state index contributed by atoms with van der Waals surface area (Å²) < 4.78 is 22.9. The van der Waals surface area contributed by atoms with Crippen molar-refractivity contribution in [3.05, 3.63) is 22.4 Å². The quantitative estimate of drug-likeness (QED) is 0.302. The highest BCUT2D eigenvalue weighted by atomic mass is 127. The summed E-state index contributed by atoms with van der Waals surface area (Å²) in [6.45, 7) is 6.42. The number of aliphatic imine (C=N–C) groups is 1. The molecule has 0 bridgehead atoms. The van der Waals surface area contributed by atoms with Crippen molar-refractivity contribution in [2.45, 2.75) is 26.4 Å². The molecule has 1 aromatic rings. The molecule has 9 heteroatoms. The second-order valence-corrected chi connectivity index (χ2v) is 8.40. The van der Waals surface area contributed by atoms with Gasteiger partial charge in [-0.1, -0.05) is 6.92 Å². The highest BCUT2D eigenvalue weighted by Crippen LogP contribution is 2.23. The van der Waals surface area contributed by atoms with Crippen LogP contribution in [0.25, 0.3) is 0 Å². The van der Waals surface area contributed by atoms with Crippen molar-refractivity contribution in [2.75, 3.05) is 31.1 Å². The van der Waals surface area contributed by atoms with Crippen LogP contribution in [0.2, 0.25) is 0 Å². The van der Waals surface area contributed by atoms with E-state index in [-0.39, 0.29) is 42.0 Å². The van der Waals surface area contributed by atoms with E-state index < -0.39 is 15.4 Å². The minimum atomic E-state index is -3.00. The number of hydrogen-bond acceptors (Lipinski definition) is 5. The molecule has 0 radical (unpaired) electrons. The van der Waals surface area contributed by atoms with Gasteiger partial charge in [0.15, 0.2) is 15.8 Å². The molecule has 0 spiro atoms. The molecule has 23 heavy (non-hydrogen) atoms. The summed E-state index contributed by atoms with van der Waals surface area (Å²) in [6, 6.07) is 1.87. The Hall–Kier alpha value is -0.390. The van der Waals surface area contributed by atoms with Crippen LogP contribution in [0.3, 0.4) is 0 Å². The second kappa shape index (κ2) is 10.5. The Balaban J connectivity index is 0.00000484. The van der Waals surface area contributed by atoms with Gasteiger partial charge in [0.05, 0.1) is 12.3 Å². The fourth-order valence-electron chi connectivity index (χ4n) is 1.71. The lowest BCUT2D eigenvalue weighted by molar-refractivity contribution is 0.0677. The minimum Gasteiger partial charge on any atom is -0.383 e. The van der Waals surface area contributed by atoms with Gasteiger partial charge in [0.25, 0.3) is 0 Å². The van der Waals surface area contributed by atoms with Crippen molar-refractivity contribution in [3.63, 3.8) is 0 Å². The van der Waals surface area contributed by atoms with Crippen molar-refractivity contribution in [3.8, 4) is 0 Å². The lowest BCUT2D eigenvalue weighted by Gasteiger charge is -2.21. The van der Waals surface area contributed by atoms with E-state index in [1.165, 1.54) is 11.3 Å². The standard InChI is InChI=1S/C14H25N3O3S2.HI/c1-4-15-13(16-7-9-22(19,20)5-2)17-11-14(3,18)12-6-8-21-10-12;/h6,8,10,18H,4-5,7,9,11H2,1-3H3,(H2,15,16,17);1H. The van der Waals surface area contributed by atoms with Crippen LogP contribution in [0, 0.1) is 0 Å². The molecular formula is C14H26IN3O3S2. The van der Waals surface area contributed by atoms with Gasteiger partial charge in [0.1, 0.15) is 5.60 Å². The van der Waals surface area contributed by atoms with Gasteiger partial charge < -0.3 is 15.7 Å². The van der Waals surface area contributed by atoms with E-state index in [1.807, 2.05) is 23.8 Å². The molecule has 1 rings (SSSR count). The first-order valence-electron chi connectivity index (χ1n) is 7.28. The number of nitrogens with zero attached hydrogens (tertiary/aromatic N) is 1. The molecule has 0 saturated heterocycles. The zero-order chi connectivity index (χ0) is 16.6. The van der Waals surface area contributed by atoms with E-state index in [0.29, 0.717) is 19.0 Å². The summed E-state index contributed by atoms with van der Waals surface area (Å²) in [5.74, 6) is 0.702. The summed E-state index contributed by atoms with van der Waals surface area (Å²) >= 11 is 1.52. The predicted molar refractivity (Wildman–Crippen MR) is 108 cm³/mol. The first-order valence-corrected chi connectivity index (χ1v) is 10.0. The number of aliphatic hydroxyl groups is 1. The third-order valence-electron chi connectivity index (χ3n) is 3.18. The van der Waals surface area contributed by atoms with E-state index >= 15 is 0 Å². The number of guanidine groups is 1. The Kier molecular flexibility index (Phi) is 10.3. The number of thiophene rings is 1. The fourth-order valence-corrected chi connectivity index (χ4v) is 3.19. The molecule has 0 saturated carbocycles. The van der Waals surface area contributed by atoms with E-state index in [4.69, 9.17) is 0 Å². The number of rotatable bonds is 8. The van der Waals surface area contributed by atoms with Crippen LogP contribution in [0.4, 0.5) is 0 Å². The van der Waals surface area contributed by atoms with Crippen LogP contribution >= 0.6 is 35.3 Å². The summed E-state index contributed by atoms with van der Waals surface area (Å²) in [4.78, 5) is 4.34. The molecule has 1 unspecified atom stereocenters. The predicted octanol–water partition coefficient (Wildman–Crippen LogP) is 1.56. The molecule has 6 nitrogen and oxygen atoms in total. The summed E-state index contributed by atoms with van der Waals surface area (Å²) in [5.41, 5.74) is -0.219. The monoisotopic (exact) mass is 475 g/mol. The van der Waals surface area contributed by atoms with Gasteiger partial charge in [0.2, 0.25) is 0 Å². The molecule has 3 N–H and O–H groups in total. The van der Waals surface area contributed by atoms with Gasteiger partial charge in [-0.05, 0) is 36.2 Å². The molecule has 134 valence electrons. The average molecular weight is 475 g/mol. The molecular weight excluding hydrogens is 449 g/mol. The third-order valence-corrected chi connectivity index (χ3v) is 5.57. The Bertz CT molecular complexity index is 572. The van der Waals surface area contributed by atoms with E-state index in [2.05, 4.69) is 15.6 Å². The van der Waals surface area contributed by atoms with Gasteiger partial charge in [-0.3, -0.25) is 0 Å². The van der Waals surface area contributed by atoms with Gasteiger partial charge in [-0.2, -0.15) is 11.3 Å². The molecule has 0 aliphatic rings. The molecule has 1 heterocycles. The van der Waals surface area contributed by atoms with Crippen molar-refractivity contribution >= 4 is 51.1 Å². The average Bonchev–Trinajstić information content (AvgIpc) is 3.00. The molecule has 0 aliphatic heterocycles. The lowest BCUT2D eigenvalue weighted by Crippen LogP contribution is -2.40.